The number of nitrogens with zero attached hydrogens (tertiary/aromatic N) is 1. The van der Waals surface area contributed by atoms with E-state index in [2.05, 4.69) is 29.5 Å². The summed E-state index contributed by atoms with van der Waals surface area (Å²) in [7, 11) is 0. The molecule has 18 heavy (non-hydrogen) atoms. The molecule has 2 rings (SSSR count). The van der Waals surface area contributed by atoms with Crippen molar-refractivity contribution < 1.29 is 0 Å². The molecule has 0 amide bonds. The molecular weight excluding hydrogens is 224 g/mol. The molecule has 1 aromatic carbocycles. The Morgan fingerprint density at radius 2 is 2.00 bits per heavy atom. The van der Waals surface area contributed by atoms with Crippen molar-refractivity contribution in [2.45, 2.75) is 19.4 Å². The average molecular weight is 242 g/mol. The fourth-order valence-corrected chi connectivity index (χ4v) is 2.08. The molecule has 0 aliphatic carbocycles. The Balaban J connectivity index is 2.26. The van der Waals surface area contributed by atoms with E-state index in [0.717, 1.165) is 12.0 Å². The van der Waals surface area contributed by atoms with Gasteiger partial charge in [-0.3, -0.25) is 11.3 Å². The van der Waals surface area contributed by atoms with Crippen molar-refractivity contribution in [1.82, 2.24) is 10.4 Å². The summed E-state index contributed by atoms with van der Waals surface area (Å²) in [6, 6.07) is 12.1. The molecule has 0 saturated carbocycles. The summed E-state index contributed by atoms with van der Waals surface area (Å²) < 4.78 is 0. The van der Waals surface area contributed by atoms with Crippen LogP contribution in [0.15, 0.2) is 42.6 Å². The number of rotatable bonds is 4. The largest absolute Gasteiger partial charge is 0.383 e. The zero-order valence-electron chi connectivity index (χ0n) is 10.4. The predicted molar refractivity (Wildman–Crippen MR) is 73.6 cm³/mol. The van der Waals surface area contributed by atoms with Crippen molar-refractivity contribution in [1.29, 1.82) is 0 Å². The van der Waals surface area contributed by atoms with Crippen LogP contribution in [0.2, 0.25) is 0 Å². The maximum atomic E-state index is 5.86. The van der Waals surface area contributed by atoms with Crippen molar-refractivity contribution in [2.75, 3.05) is 5.73 Å². The van der Waals surface area contributed by atoms with Crippen LogP contribution in [-0.2, 0) is 6.42 Å². The lowest BCUT2D eigenvalue weighted by molar-refractivity contribution is 0.549. The summed E-state index contributed by atoms with van der Waals surface area (Å²) in [5.74, 6) is 6.22. The first-order valence-corrected chi connectivity index (χ1v) is 5.93. The van der Waals surface area contributed by atoms with Gasteiger partial charge in [-0.05, 0) is 36.1 Å². The fourth-order valence-electron chi connectivity index (χ4n) is 2.08. The highest BCUT2D eigenvalue weighted by Gasteiger charge is 2.14. The number of pyridine rings is 1. The highest BCUT2D eigenvalue weighted by molar-refractivity contribution is 5.40. The molecule has 4 nitrogen and oxygen atoms in total. The lowest BCUT2D eigenvalue weighted by Crippen LogP contribution is -2.30. The molecule has 0 saturated heterocycles. The Morgan fingerprint density at radius 1 is 1.22 bits per heavy atom. The van der Waals surface area contributed by atoms with Gasteiger partial charge in [-0.2, -0.15) is 0 Å². The van der Waals surface area contributed by atoms with Crippen LogP contribution in [0.3, 0.4) is 0 Å². The minimum atomic E-state index is 0.0395. The van der Waals surface area contributed by atoms with Crippen molar-refractivity contribution in [3.8, 4) is 0 Å². The van der Waals surface area contributed by atoms with Crippen LogP contribution in [0.5, 0.6) is 0 Å². The predicted octanol–water partition coefficient (Wildman–Crippen LogP) is 1.72. The van der Waals surface area contributed by atoms with E-state index < -0.39 is 0 Å². The maximum Gasteiger partial charge on any atom is 0.126 e. The van der Waals surface area contributed by atoms with Gasteiger partial charge in [0.1, 0.15) is 5.82 Å². The van der Waals surface area contributed by atoms with Gasteiger partial charge in [0.15, 0.2) is 0 Å². The van der Waals surface area contributed by atoms with Crippen LogP contribution in [0.4, 0.5) is 5.82 Å². The molecule has 0 aliphatic rings. The third-order valence-electron chi connectivity index (χ3n) is 3.12. The van der Waals surface area contributed by atoms with Crippen LogP contribution in [0.1, 0.15) is 22.7 Å². The summed E-state index contributed by atoms with van der Waals surface area (Å²) in [5, 5.41) is 0. The number of hydrogen-bond acceptors (Lipinski definition) is 4. The summed E-state index contributed by atoms with van der Waals surface area (Å²) in [5.41, 5.74) is 12.1. The Labute approximate surface area is 107 Å². The van der Waals surface area contributed by atoms with Gasteiger partial charge in [-0.25, -0.2) is 4.98 Å². The smallest absolute Gasteiger partial charge is 0.126 e. The van der Waals surface area contributed by atoms with Crippen molar-refractivity contribution >= 4 is 5.82 Å². The Morgan fingerprint density at radius 3 is 2.67 bits per heavy atom. The zero-order valence-corrected chi connectivity index (χ0v) is 10.4. The average Bonchev–Trinajstić information content (AvgIpc) is 2.39. The highest BCUT2D eigenvalue weighted by Crippen LogP contribution is 2.22. The standard InChI is InChI=1S/C14H18N4/c1-10-5-2-3-7-12(10)13(18-16)9-11-6-4-8-17-14(11)15/h2-8,13,18H,9,16H2,1H3,(H2,15,17). The van der Waals surface area contributed by atoms with Crippen molar-refractivity contribution in [2.24, 2.45) is 5.84 Å². The third-order valence-corrected chi connectivity index (χ3v) is 3.12. The number of nitrogens with one attached hydrogen (secondary N) is 1. The number of hydrogen-bond donors (Lipinski definition) is 3. The van der Waals surface area contributed by atoms with Gasteiger partial charge in [0, 0.05) is 6.20 Å². The molecule has 1 unspecified atom stereocenters. The second kappa shape index (κ2) is 5.62. The molecule has 0 spiro atoms. The van der Waals surface area contributed by atoms with Crippen LogP contribution in [0, 0.1) is 6.92 Å². The fraction of sp³-hybridized carbons (Fsp3) is 0.214. The Hall–Kier alpha value is -1.91. The SMILES string of the molecule is Cc1ccccc1C(Cc1cccnc1N)NN. The Kier molecular flexibility index (Phi) is 3.92. The Bertz CT molecular complexity index is 525. The number of nitrogens with two attached hydrogens (primary N) is 2. The first-order chi connectivity index (χ1) is 8.72. The van der Waals surface area contributed by atoms with E-state index in [1.54, 1.807) is 6.20 Å². The van der Waals surface area contributed by atoms with Gasteiger partial charge in [0.25, 0.3) is 0 Å². The summed E-state index contributed by atoms with van der Waals surface area (Å²) in [6.07, 6.45) is 2.42. The van der Waals surface area contributed by atoms with E-state index >= 15 is 0 Å². The number of benzene rings is 1. The zero-order chi connectivity index (χ0) is 13.0. The normalized spacial score (nSPS) is 12.3. The molecule has 1 heterocycles. The first-order valence-electron chi connectivity index (χ1n) is 5.93. The molecule has 1 aromatic heterocycles. The van der Waals surface area contributed by atoms with E-state index in [1.165, 1.54) is 11.1 Å². The van der Waals surface area contributed by atoms with Crippen LogP contribution < -0.4 is 17.0 Å². The van der Waals surface area contributed by atoms with E-state index in [-0.39, 0.29) is 6.04 Å². The van der Waals surface area contributed by atoms with Gasteiger partial charge in [0.2, 0.25) is 0 Å². The first kappa shape index (κ1) is 12.5. The molecular formula is C14H18N4. The molecule has 5 N–H and O–H groups in total. The van der Waals surface area contributed by atoms with Gasteiger partial charge >= 0.3 is 0 Å². The van der Waals surface area contributed by atoms with Crippen LogP contribution >= 0.6 is 0 Å². The molecule has 94 valence electrons. The molecule has 2 aromatic rings. The minimum absolute atomic E-state index is 0.0395. The maximum absolute atomic E-state index is 5.86. The quantitative estimate of drug-likeness (QED) is 0.563. The number of nitrogen functional groups attached to an aromatic ring is 1. The second-order valence-corrected chi connectivity index (χ2v) is 4.33. The van der Waals surface area contributed by atoms with Crippen molar-refractivity contribution in [3.05, 3.63) is 59.3 Å². The van der Waals surface area contributed by atoms with E-state index in [9.17, 15) is 0 Å². The molecule has 0 aliphatic heterocycles. The van der Waals surface area contributed by atoms with Gasteiger partial charge in [0.05, 0.1) is 6.04 Å². The third kappa shape index (κ3) is 2.67. The number of aryl methyl sites for hydroxylation is 1. The van der Waals surface area contributed by atoms with Crippen LogP contribution in [0.25, 0.3) is 0 Å². The van der Waals surface area contributed by atoms with Crippen LogP contribution in [-0.4, -0.2) is 4.98 Å². The minimum Gasteiger partial charge on any atom is -0.383 e. The monoisotopic (exact) mass is 242 g/mol. The highest BCUT2D eigenvalue weighted by atomic mass is 15.2. The molecule has 4 heteroatoms. The second-order valence-electron chi connectivity index (χ2n) is 4.33. The van der Waals surface area contributed by atoms with Gasteiger partial charge in [-0.15, -0.1) is 0 Å². The topological polar surface area (TPSA) is 77.0 Å². The van der Waals surface area contributed by atoms with Gasteiger partial charge in [-0.1, -0.05) is 30.3 Å². The van der Waals surface area contributed by atoms with Gasteiger partial charge < -0.3 is 5.73 Å². The lowest BCUT2D eigenvalue weighted by Gasteiger charge is -2.19. The molecule has 1 atom stereocenters. The van der Waals surface area contributed by atoms with E-state index in [1.807, 2.05) is 24.3 Å². The number of anilines is 1. The molecule has 0 bridgehead atoms. The summed E-state index contributed by atoms with van der Waals surface area (Å²) in [4.78, 5) is 4.09. The van der Waals surface area contributed by atoms with Crippen molar-refractivity contribution in [3.63, 3.8) is 0 Å². The van der Waals surface area contributed by atoms with E-state index in [4.69, 9.17) is 11.6 Å². The molecule has 0 fully saturated rings. The number of aromatic nitrogens is 1. The lowest BCUT2D eigenvalue weighted by atomic mass is 9.96. The summed E-state index contributed by atoms with van der Waals surface area (Å²) >= 11 is 0. The summed E-state index contributed by atoms with van der Waals surface area (Å²) in [6.45, 7) is 2.08. The molecule has 0 radical (unpaired) electrons. The van der Waals surface area contributed by atoms with E-state index in [0.29, 0.717) is 5.82 Å². The number of hydrazine groups is 1.